The molecule has 5 heteroatoms. The minimum Gasteiger partial charge on any atom is -0.336 e. The molecule has 0 aliphatic heterocycles. The van der Waals surface area contributed by atoms with E-state index in [2.05, 4.69) is 16.0 Å². The number of anilines is 2. The molecule has 3 N–H and O–H groups in total. The molecule has 0 aromatic heterocycles. The third kappa shape index (κ3) is 5.14. The van der Waals surface area contributed by atoms with E-state index in [1.807, 2.05) is 39.0 Å². The summed E-state index contributed by atoms with van der Waals surface area (Å²) in [6.45, 7) is 5.73. The van der Waals surface area contributed by atoms with E-state index < -0.39 is 0 Å². The Balaban J connectivity index is 1.97. The highest BCUT2D eigenvalue weighted by atomic mass is 16.2. The van der Waals surface area contributed by atoms with Gasteiger partial charge in [-0.05, 0) is 57.2 Å². The third-order valence-electron chi connectivity index (χ3n) is 3.10. The van der Waals surface area contributed by atoms with Crippen molar-refractivity contribution in [1.29, 1.82) is 0 Å². The van der Waals surface area contributed by atoms with E-state index in [0.29, 0.717) is 16.9 Å². The molecule has 0 bridgehead atoms. The Bertz CT molecular complexity index is 694. The highest BCUT2D eigenvalue weighted by Gasteiger charge is 2.07. The number of rotatable bonds is 4. The van der Waals surface area contributed by atoms with Gasteiger partial charge in [0.15, 0.2) is 0 Å². The first kappa shape index (κ1) is 16.5. The van der Waals surface area contributed by atoms with Crippen molar-refractivity contribution in [1.82, 2.24) is 5.32 Å². The lowest BCUT2D eigenvalue weighted by Crippen LogP contribution is -2.34. The van der Waals surface area contributed by atoms with Crippen LogP contribution in [0.3, 0.4) is 0 Å². The van der Waals surface area contributed by atoms with Crippen molar-refractivity contribution in [2.24, 2.45) is 0 Å². The number of hydrogen-bond acceptors (Lipinski definition) is 2. The molecule has 0 fully saturated rings. The molecule has 2 aromatic carbocycles. The Morgan fingerprint density at radius 3 is 2.09 bits per heavy atom. The smallest absolute Gasteiger partial charge is 0.319 e. The van der Waals surface area contributed by atoms with Gasteiger partial charge in [0, 0.05) is 23.0 Å². The summed E-state index contributed by atoms with van der Waals surface area (Å²) in [6, 6.07) is 14.2. The molecule has 0 heterocycles. The number of hydrogen-bond donors (Lipinski definition) is 3. The zero-order chi connectivity index (χ0) is 16.8. The van der Waals surface area contributed by atoms with Gasteiger partial charge in [-0.25, -0.2) is 4.79 Å². The summed E-state index contributed by atoms with van der Waals surface area (Å²) >= 11 is 0. The minimum absolute atomic E-state index is 0.0721. The average molecular weight is 311 g/mol. The van der Waals surface area contributed by atoms with E-state index >= 15 is 0 Å². The lowest BCUT2D eigenvalue weighted by Gasteiger charge is -2.11. The van der Waals surface area contributed by atoms with E-state index in [-0.39, 0.29) is 18.0 Å². The SMILES string of the molecule is Cc1cccc(C(=O)Nc2ccc(NC(=O)NC(C)C)cc2)c1. The van der Waals surface area contributed by atoms with Crippen molar-refractivity contribution in [2.45, 2.75) is 26.8 Å². The third-order valence-corrected chi connectivity index (χ3v) is 3.10. The molecular formula is C18H21N3O2. The summed E-state index contributed by atoms with van der Waals surface area (Å²) < 4.78 is 0. The van der Waals surface area contributed by atoms with E-state index in [9.17, 15) is 9.59 Å². The lowest BCUT2D eigenvalue weighted by atomic mass is 10.1. The summed E-state index contributed by atoms with van der Waals surface area (Å²) in [7, 11) is 0. The molecule has 2 rings (SSSR count). The summed E-state index contributed by atoms with van der Waals surface area (Å²) in [6.07, 6.45) is 0. The maximum atomic E-state index is 12.2. The van der Waals surface area contributed by atoms with Crippen LogP contribution in [0.4, 0.5) is 16.2 Å². The largest absolute Gasteiger partial charge is 0.336 e. The van der Waals surface area contributed by atoms with Crippen molar-refractivity contribution in [3.8, 4) is 0 Å². The molecule has 0 saturated carbocycles. The fourth-order valence-corrected chi connectivity index (χ4v) is 2.06. The fraction of sp³-hybridized carbons (Fsp3) is 0.222. The van der Waals surface area contributed by atoms with Crippen LogP contribution in [0.5, 0.6) is 0 Å². The summed E-state index contributed by atoms with van der Waals surface area (Å²) in [5.74, 6) is -0.160. The molecule has 0 saturated heterocycles. The van der Waals surface area contributed by atoms with Crippen molar-refractivity contribution in [3.05, 3.63) is 59.7 Å². The molecule has 3 amide bonds. The molecule has 0 unspecified atom stereocenters. The first-order valence-corrected chi connectivity index (χ1v) is 7.49. The Morgan fingerprint density at radius 1 is 0.913 bits per heavy atom. The molecule has 120 valence electrons. The topological polar surface area (TPSA) is 70.2 Å². The molecule has 2 aromatic rings. The predicted octanol–water partition coefficient (Wildman–Crippen LogP) is 3.78. The number of aryl methyl sites for hydroxylation is 1. The molecule has 0 aliphatic rings. The predicted molar refractivity (Wildman–Crippen MR) is 92.9 cm³/mol. The van der Waals surface area contributed by atoms with Crippen molar-refractivity contribution < 1.29 is 9.59 Å². The Morgan fingerprint density at radius 2 is 1.52 bits per heavy atom. The maximum absolute atomic E-state index is 12.2. The van der Waals surface area contributed by atoms with E-state index in [1.165, 1.54) is 0 Å². The Kier molecular flexibility index (Phi) is 5.36. The first-order valence-electron chi connectivity index (χ1n) is 7.49. The number of benzene rings is 2. The van der Waals surface area contributed by atoms with Gasteiger partial charge < -0.3 is 16.0 Å². The molecule has 0 radical (unpaired) electrons. The standard InChI is InChI=1S/C18H21N3O2/c1-12(2)19-18(23)21-16-9-7-15(8-10-16)20-17(22)14-6-4-5-13(3)11-14/h4-12H,1-3H3,(H,20,22)(H2,19,21,23). The fourth-order valence-electron chi connectivity index (χ4n) is 2.06. The zero-order valence-electron chi connectivity index (χ0n) is 13.5. The van der Waals surface area contributed by atoms with Crippen LogP contribution in [0, 0.1) is 6.92 Å². The first-order chi connectivity index (χ1) is 10.9. The second-order valence-electron chi connectivity index (χ2n) is 5.65. The highest BCUT2D eigenvalue weighted by molar-refractivity contribution is 6.04. The van der Waals surface area contributed by atoms with Gasteiger partial charge in [0.05, 0.1) is 0 Å². The van der Waals surface area contributed by atoms with Gasteiger partial charge in [-0.1, -0.05) is 17.7 Å². The van der Waals surface area contributed by atoms with Gasteiger partial charge in [-0.2, -0.15) is 0 Å². The van der Waals surface area contributed by atoms with Crippen LogP contribution in [-0.2, 0) is 0 Å². The number of nitrogens with one attached hydrogen (secondary N) is 3. The van der Waals surface area contributed by atoms with Crippen LogP contribution in [0.15, 0.2) is 48.5 Å². The van der Waals surface area contributed by atoms with Crippen molar-refractivity contribution in [2.75, 3.05) is 10.6 Å². The number of carbonyl (C=O) groups excluding carboxylic acids is 2. The van der Waals surface area contributed by atoms with E-state index in [4.69, 9.17) is 0 Å². The van der Waals surface area contributed by atoms with Gasteiger partial charge in [-0.3, -0.25) is 4.79 Å². The van der Waals surface area contributed by atoms with Crippen molar-refractivity contribution in [3.63, 3.8) is 0 Å². The van der Waals surface area contributed by atoms with E-state index in [1.54, 1.807) is 30.3 Å². The second kappa shape index (κ2) is 7.45. The van der Waals surface area contributed by atoms with Crippen LogP contribution >= 0.6 is 0 Å². The minimum atomic E-state index is -0.253. The van der Waals surface area contributed by atoms with Crippen LogP contribution in [0.2, 0.25) is 0 Å². The monoisotopic (exact) mass is 311 g/mol. The summed E-state index contributed by atoms with van der Waals surface area (Å²) in [5, 5.41) is 8.31. The van der Waals surface area contributed by atoms with Gasteiger partial charge >= 0.3 is 6.03 Å². The molecule has 0 aliphatic carbocycles. The van der Waals surface area contributed by atoms with E-state index in [0.717, 1.165) is 5.56 Å². The second-order valence-corrected chi connectivity index (χ2v) is 5.65. The van der Waals surface area contributed by atoms with Crippen LogP contribution in [0.1, 0.15) is 29.8 Å². The molecule has 23 heavy (non-hydrogen) atoms. The Hall–Kier alpha value is -2.82. The molecule has 0 atom stereocenters. The average Bonchev–Trinajstić information content (AvgIpc) is 2.48. The molecule has 5 nitrogen and oxygen atoms in total. The highest BCUT2D eigenvalue weighted by Crippen LogP contribution is 2.15. The van der Waals surface area contributed by atoms with Crippen molar-refractivity contribution >= 4 is 23.3 Å². The Labute approximate surface area is 136 Å². The quantitative estimate of drug-likeness (QED) is 0.804. The molecular weight excluding hydrogens is 290 g/mol. The number of amides is 3. The number of carbonyl (C=O) groups is 2. The molecule has 0 spiro atoms. The lowest BCUT2D eigenvalue weighted by molar-refractivity contribution is 0.102. The van der Waals surface area contributed by atoms with Gasteiger partial charge in [0.25, 0.3) is 5.91 Å². The van der Waals surface area contributed by atoms with Gasteiger partial charge in [-0.15, -0.1) is 0 Å². The van der Waals surface area contributed by atoms with Crippen LogP contribution in [0.25, 0.3) is 0 Å². The summed E-state index contributed by atoms with van der Waals surface area (Å²) in [4.78, 5) is 23.8. The maximum Gasteiger partial charge on any atom is 0.319 e. The number of urea groups is 1. The van der Waals surface area contributed by atoms with Crippen LogP contribution in [-0.4, -0.2) is 18.0 Å². The van der Waals surface area contributed by atoms with Gasteiger partial charge in [0.1, 0.15) is 0 Å². The summed E-state index contributed by atoms with van der Waals surface area (Å²) in [5.41, 5.74) is 2.99. The normalized spacial score (nSPS) is 10.3. The zero-order valence-corrected chi connectivity index (χ0v) is 13.5. The van der Waals surface area contributed by atoms with Crippen LogP contribution < -0.4 is 16.0 Å². The van der Waals surface area contributed by atoms with Gasteiger partial charge in [0.2, 0.25) is 0 Å².